The molecule has 28 heavy (non-hydrogen) atoms. The van der Waals surface area contributed by atoms with Gasteiger partial charge in [0.15, 0.2) is 9.84 Å². The van der Waals surface area contributed by atoms with Gasteiger partial charge in [-0.25, -0.2) is 8.42 Å². The van der Waals surface area contributed by atoms with Crippen LogP contribution in [0.1, 0.15) is 53.3 Å². The summed E-state index contributed by atoms with van der Waals surface area (Å²) in [6, 6.07) is 16.0. The summed E-state index contributed by atoms with van der Waals surface area (Å²) >= 11 is 0. The zero-order valence-corrected chi connectivity index (χ0v) is 16.7. The predicted octanol–water partition coefficient (Wildman–Crippen LogP) is 4.01. The molecule has 1 unspecified atom stereocenters. The second kappa shape index (κ2) is 7.02. The van der Waals surface area contributed by atoms with Crippen molar-refractivity contribution in [2.75, 3.05) is 6.26 Å². The largest absolute Gasteiger partial charge is 0.345 e. The number of nitrogens with one attached hydrogen (secondary N) is 1. The van der Waals surface area contributed by atoms with E-state index >= 15 is 0 Å². The lowest BCUT2D eigenvalue weighted by Crippen LogP contribution is -2.27. The Hall–Kier alpha value is -2.73. The Balaban J connectivity index is 1.61. The summed E-state index contributed by atoms with van der Waals surface area (Å²) in [6.45, 7) is 1.89. The predicted molar refractivity (Wildman–Crippen MR) is 109 cm³/mol. The number of hydrogen-bond donors (Lipinski definition) is 1. The third-order valence-electron chi connectivity index (χ3n) is 5.13. The van der Waals surface area contributed by atoms with Gasteiger partial charge in [-0.05, 0) is 49.6 Å². The van der Waals surface area contributed by atoms with Gasteiger partial charge in [-0.2, -0.15) is 0 Å². The van der Waals surface area contributed by atoms with Crippen molar-refractivity contribution in [3.05, 3.63) is 71.4 Å². The molecule has 0 bridgehead atoms. The van der Waals surface area contributed by atoms with Crippen molar-refractivity contribution in [1.82, 2.24) is 10.3 Å². The molecule has 6 heteroatoms. The smallest absolute Gasteiger partial charge is 0.252 e. The summed E-state index contributed by atoms with van der Waals surface area (Å²) < 4.78 is 23.2. The Morgan fingerprint density at radius 2 is 1.79 bits per heavy atom. The minimum absolute atomic E-state index is 0.153. The first-order chi connectivity index (χ1) is 13.3. The standard InChI is InChI=1S/C22H22N2O3S/c1-14(15-9-11-17(12-10-15)28(2,26)27)23-22(25)19-13-21(16-7-8-16)24-20-6-4-3-5-18(19)20/h3-6,9-14,16H,7-8H2,1-2H3,(H,23,25). The van der Waals surface area contributed by atoms with E-state index < -0.39 is 9.84 Å². The van der Waals surface area contributed by atoms with Crippen LogP contribution in [0.4, 0.5) is 0 Å². The molecular weight excluding hydrogens is 372 g/mol. The van der Waals surface area contributed by atoms with E-state index in [-0.39, 0.29) is 16.8 Å². The number of hydrogen-bond acceptors (Lipinski definition) is 4. The summed E-state index contributed by atoms with van der Waals surface area (Å²) in [5, 5.41) is 3.87. The average Bonchev–Trinajstić information content (AvgIpc) is 3.51. The maximum atomic E-state index is 13.0. The van der Waals surface area contributed by atoms with Gasteiger partial charge in [-0.15, -0.1) is 0 Å². The number of pyridine rings is 1. The number of rotatable bonds is 5. The van der Waals surface area contributed by atoms with Crippen LogP contribution < -0.4 is 5.32 Å². The first kappa shape index (κ1) is 18.6. The average molecular weight is 394 g/mol. The molecule has 1 aliphatic rings. The van der Waals surface area contributed by atoms with E-state index in [2.05, 4.69) is 5.32 Å². The normalized spacial score (nSPS) is 15.4. The molecule has 1 amide bonds. The van der Waals surface area contributed by atoms with Gasteiger partial charge in [-0.3, -0.25) is 9.78 Å². The third kappa shape index (κ3) is 3.78. The molecule has 4 rings (SSSR count). The Morgan fingerprint density at radius 1 is 1.11 bits per heavy atom. The SMILES string of the molecule is CC(NC(=O)c1cc(C2CC2)nc2ccccc12)c1ccc(S(C)(=O)=O)cc1. The topological polar surface area (TPSA) is 76.1 Å². The summed E-state index contributed by atoms with van der Waals surface area (Å²) in [6.07, 6.45) is 3.42. The van der Waals surface area contributed by atoms with Gasteiger partial charge < -0.3 is 5.32 Å². The summed E-state index contributed by atoms with van der Waals surface area (Å²) in [5.74, 6) is 0.303. The molecule has 0 saturated heterocycles. The fourth-order valence-electron chi connectivity index (χ4n) is 3.33. The van der Waals surface area contributed by atoms with Crippen molar-refractivity contribution >= 4 is 26.6 Å². The highest BCUT2D eigenvalue weighted by atomic mass is 32.2. The van der Waals surface area contributed by atoms with Crippen molar-refractivity contribution in [2.24, 2.45) is 0 Å². The molecule has 0 aliphatic heterocycles. The molecule has 1 atom stereocenters. The number of fused-ring (bicyclic) bond motifs is 1. The van der Waals surface area contributed by atoms with Crippen LogP contribution in [-0.2, 0) is 9.84 Å². The number of carbonyl (C=O) groups excluding carboxylic acids is 1. The van der Waals surface area contributed by atoms with Gasteiger partial charge in [0.05, 0.1) is 22.0 Å². The van der Waals surface area contributed by atoms with E-state index in [1.54, 1.807) is 24.3 Å². The molecule has 5 nitrogen and oxygen atoms in total. The second-order valence-electron chi connectivity index (χ2n) is 7.42. The lowest BCUT2D eigenvalue weighted by molar-refractivity contribution is 0.0941. The number of sulfone groups is 1. The molecule has 144 valence electrons. The van der Waals surface area contributed by atoms with Crippen LogP contribution in [0.15, 0.2) is 59.5 Å². The van der Waals surface area contributed by atoms with Crippen molar-refractivity contribution < 1.29 is 13.2 Å². The molecule has 2 aromatic carbocycles. The second-order valence-corrected chi connectivity index (χ2v) is 9.44. The Bertz CT molecular complexity index is 1150. The van der Waals surface area contributed by atoms with Crippen LogP contribution in [0.25, 0.3) is 10.9 Å². The molecule has 1 aliphatic carbocycles. The molecule has 1 N–H and O–H groups in total. The molecule has 1 aromatic heterocycles. The lowest BCUT2D eigenvalue weighted by atomic mass is 10.0. The first-order valence-electron chi connectivity index (χ1n) is 9.33. The number of para-hydroxylation sites is 1. The maximum absolute atomic E-state index is 13.0. The fraction of sp³-hybridized carbons (Fsp3) is 0.273. The molecule has 1 fully saturated rings. The molecule has 0 spiro atoms. The third-order valence-corrected chi connectivity index (χ3v) is 6.26. The summed E-state index contributed by atoms with van der Waals surface area (Å²) in [5.41, 5.74) is 3.30. The van der Waals surface area contributed by atoms with Crippen LogP contribution >= 0.6 is 0 Å². The molecular formula is C22H22N2O3S. The van der Waals surface area contributed by atoms with Crippen molar-refractivity contribution in [3.63, 3.8) is 0 Å². The Kier molecular flexibility index (Phi) is 4.67. The van der Waals surface area contributed by atoms with E-state index in [1.165, 1.54) is 6.26 Å². The summed E-state index contributed by atoms with van der Waals surface area (Å²) in [7, 11) is -3.24. The first-order valence-corrected chi connectivity index (χ1v) is 11.2. The van der Waals surface area contributed by atoms with Gasteiger partial charge in [0, 0.05) is 23.3 Å². The van der Waals surface area contributed by atoms with Crippen molar-refractivity contribution in [2.45, 2.75) is 36.6 Å². The fourth-order valence-corrected chi connectivity index (χ4v) is 3.96. The van der Waals surface area contributed by atoms with Gasteiger partial charge in [0.2, 0.25) is 0 Å². The highest BCUT2D eigenvalue weighted by Crippen LogP contribution is 2.40. The monoisotopic (exact) mass is 394 g/mol. The Morgan fingerprint density at radius 3 is 2.43 bits per heavy atom. The van der Waals surface area contributed by atoms with Gasteiger partial charge >= 0.3 is 0 Å². The Labute approximate surface area is 164 Å². The van der Waals surface area contributed by atoms with Crippen LogP contribution in [0.2, 0.25) is 0 Å². The minimum atomic E-state index is -3.24. The van der Waals surface area contributed by atoms with Gasteiger partial charge in [-0.1, -0.05) is 30.3 Å². The van der Waals surface area contributed by atoms with E-state index in [0.717, 1.165) is 35.0 Å². The highest BCUT2D eigenvalue weighted by molar-refractivity contribution is 7.90. The van der Waals surface area contributed by atoms with E-state index in [4.69, 9.17) is 4.98 Å². The van der Waals surface area contributed by atoms with Crippen LogP contribution in [0.5, 0.6) is 0 Å². The molecule has 1 heterocycles. The quantitative estimate of drug-likeness (QED) is 0.709. The molecule has 3 aromatic rings. The van der Waals surface area contributed by atoms with Crippen molar-refractivity contribution in [3.8, 4) is 0 Å². The van der Waals surface area contributed by atoms with Crippen LogP contribution in [0.3, 0.4) is 0 Å². The number of aromatic nitrogens is 1. The number of nitrogens with zero attached hydrogens (tertiary/aromatic N) is 1. The van der Waals surface area contributed by atoms with E-state index in [1.807, 2.05) is 37.3 Å². The van der Waals surface area contributed by atoms with E-state index in [0.29, 0.717) is 11.5 Å². The van der Waals surface area contributed by atoms with Crippen LogP contribution in [0, 0.1) is 0 Å². The van der Waals surface area contributed by atoms with Gasteiger partial charge in [0.25, 0.3) is 5.91 Å². The molecule has 0 radical (unpaired) electrons. The van der Waals surface area contributed by atoms with Crippen molar-refractivity contribution in [1.29, 1.82) is 0 Å². The maximum Gasteiger partial charge on any atom is 0.252 e. The lowest BCUT2D eigenvalue weighted by Gasteiger charge is -2.16. The zero-order valence-electron chi connectivity index (χ0n) is 15.8. The number of benzene rings is 2. The zero-order chi connectivity index (χ0) is 19.9. The van der Waals surface area contributed by atoms with Gasteiger partial charge in [0.1, 0.15) is 0 Å². The minimum Gasteiger partial charge on any atom is -0.345 e. The number of amides is 1. The summed E-state index contributed by atoms with van der Waals surface area (Å²) in [4.78, 5) is 18.0. The molecule has 1 saturated carbocycles. The van der Waals surface area contributed by atoms with E-state index in [9.17, 15) is 13.2 Å². The number of carbonyl (C=O) groups is 1. The highest BCUT2D eigenvalue weighted by Gasteiger charge is 2.27. The van der Waals surface area contributed by atoms with Crippen LogP contribution in [-0.4, -0.2) is 25.6 Å².